The van der Waals surface area contributed by atoms with Crippen molar-refractivity contribution in [1.29, 1.82) is 0 Å². The molecule has 0 aliphatic carbocycles. The number of hydrogen-bond donors (Lipinski definition) is 3. The van der Waals surface area contributed by atoms with Gasteiger partial charge in [-0.1, -0.05) is 18.2 Å². The topological polar surface area (TPSA) is 69.6 Å². The summed E-state index contributed by atoms with van der Waals surface area (Å²) in [6.07, 6.45) is 0. The van der Waals surface area contributed by atoms with Crippen LogP contribution in [0.3, 0.4) is 0 Å². The number of rotatable bonds is 3. The van der Waals surface area contributed by atoms with Gasteiger partial charge in [-0.05, 0) is 24.1 Å². The molecule has 1 aromatic rings. The minimum atomic E-state index is -4.12. The lowest BCUT2D eigenvalue weighted by molar-refractivity contribution is 0.370. The molecule has 0 bridgehead atoms. The summed E-state index contributed by atoms with van der Waals surface area (Å²) in [6.45, 7) is 0. The average Bonchev–Trinajstić information content (AvgIpc) is 2.02. The first-order valence-corrected chi connectivity index (χ1v) is 5.55. The lowest BCUT2D eigenvalue weighted by atomic mass is 10.4. The normalized spacial score (nSPS) is 11.5. The van der Waals surface area contributed by atoms with Gasteiger partial charge in [0.15, 0.2) is 0 Å². The summed E-state index contributed by atoms with van der Waals surface area (Å²) < 4.78 is 12.4. The molecule has 0 fully saturated rings. The Bertz CT molecular complexity index is 286. The van der Waals surface area contributed by atoms with Crippen LogP contribution in [0.2, 0.25) is 0 Å². The Morgan fingerprint density at radius 2 is 1.83 bits per heavy atom. The Morgan fingerprint density at radius 1 is 1.25 bits per heavy atom. The average molecular weight is 205 g/mol. The molecule has 1 aromatic carbocycles. The highest BCUT2D eigenvalue weighted by atomic mass is 32.2. The van der Waals surface area contributed by atoms with Crippen LogP contribution < -0.4 is 4.49 Å². The van der Waals surface area contributed by atoms with Gasteiger partial charge in [0.1, 0.15) is 0 Å². The van der Waals surface area contributed by atoms with Crippen molar-refractivity contribution in [3.8, 4) is 0 Å². The van der Waals surface area contributed by atoms with Crippen LogP contribution >= 0.6 is 19.7 Å². The first kappa shape index (κ1) is 9.77. The molecule has 0 unspecified atom stereocenters. The van der Waals surface area contributed by atoms with Crippen molar-refractivity contribution >= 4 is 19.7 Å². The number of nitrogens with one attached hydrogen (secondary N) is 1. The number of benzene rings is 1. The summed E-state index contributed by atoms with van der Waals surface area (Å²) in [5.74, 6) is 0. The third kappa shape index (κ3) is 3.90. The quantitative estimate of drug-likeness (QED) is 0.513. The molecule has 66 valence electrons. The lowest BCUT2D eigenvalue weighted by Gasteiger charge is -2.03. The van der Waals surface area contributed by atoms with Crippen LogP contribution in [0.15, 0.2) is 35.2 Å². The smallest absolute Gasteiger partial charge is 0.312 e. The third-order valence-electron chi connectivity index (χ3n) is 1.03. The molecule has 0 atom stereocenters. The fourth-order valence-electron chi connectivity index (χ4n) is 0.601. The van der Waals surface area contributed by atoms with Crippen LogP contribution in [0, 0.1) is 0 Å². The van der Waals surface area contributed by atoms with Gasteiger partial charge in [-0.2, -0.15) is 4.49 Å². The molecule has 0 spiro atoms. The minimum absolute atomic E-state index is 0.765. The first-order valence-electron chi connectivity index (χ1n) is 3.13. The predicted octanol–water partition coefficient (Wildman–Crippen LogP) is 1.38. The Labute approximate surface area is 74.3 Å². The predicted molar refractivity (Wildman–Crippen MR) is 47.5 cm³/mol. The van der Waals surface area contributed by atoms with E-state index in [9.17, 15) is 4.57 Å². The fraction of sp³-hybridized carbons (Fsp3) is 0. The van der Waals surface area contributed by atoms with E-state index in [1.54, 1.807) is 24.3 Å². The lowest BCUT2D eigenvalue weighted by Crippen LogP contribution is -1.97. The standard InChI is InChI=1S/C6H8NO3PS/c8-11(9,10)7-12-6-4-2-1-3-5-6/h1-5H,(H3,7,8,9,10). The zero-order valence-corrected chi connectivity index (χ0v) is 7.76. The molecular weight excluding hydrogens is 197 g/mol. The van der Waals surface area contributed by atoms with E-state index in [1.165, 1.54) is 0 Å². The first-order chi connectivity index (χ1) is 5.58. The van der Waals surface area contributed by atoms with Gasteiger partial charge >= 0.3 is 7.75 Å². The van der Waals surface area contributed by atoms with E-state index in [4.69, 9.17) is 9.79 Å². The monoisotopic (exact) mass is 205 g/mol. The van der Waals surface area contributed by atoms with Gasteiger partial charge in [-0.25, -0.2) is 4.57 Å². The van der Waals surface area contributed by atoms with Crippen molar-refractivity contribution in [1.82, 2.24) is 4.49 Å². The molecule has 1 rings (SSSR count). The van der Waals surface area contributed by atoms with Gasteiger partial charge in [0.2, 0.25) is 0 Å². The molecule has 0 aliphatic rings. The molecule has 0 amide bonds. The summed E-state index contributed by atoms with van der Waals surface area (Å²) >= 11 is 0.914. The van der Waals surface area contributed by atoms with Crippen LogP contribution in [-0.4, -0.2) is 9.79 Å². The van der Waals surface area contributed by atoms with Gasteiger partial charge < -0.3 is 9.79 Å². The zero-order chi connectivity index (χ0) is 9.03. The fourth-order valence-corrected chi connectivity index (χ4v) is 1.79. The van der Waals surface area contributed by atoms with Crippen LogP contribution in [0.25, 0.3) is 0 Å². The third-order valence-corrected chi connectivity index (χ3v) is 2.85. The van der Waals surface area contributed by atoms with E-state index in [0.717, 1.165) is 16.8 Å². The summed E-state index contributed by atoms with van der Waals surface area (Å²) in [6, 6.07) is 8.94. The Balaban J connectivity index is 2.50. The molecule has 6 heteroatoms. The number of hydrogen-bond acceptors (Lipinski definition) is 2. The molecule has 12 heavy (non-hydrogen) atoms. The van der Waals surface area contributed by atoms with E-state index in [1.807, 2.05) is 10.6 Å². The van der Waals surface area contributed by atoms with Crippen molar-refractivity contribution in [3.63, 3.8) is 0 Å². The summed E-state index contributed by atoms with van der Waals surface area (Å²) in [5.41, 5.74) is 0. The zero-order valence-electron chi connectivity index (χ0n) is 6.04. The van der Waals surface area contributed by atoms with E-state index in [0.29, 0.717) is 0 Å². The van der Waals surface area contributed by atoms with Crippen LogP contribution in [0.1, 0.15) is 0 Å². The molecule has 3 N–H and O–H groups in total. The van der Waals surface area contributed by atoms with Gasteiger partial charge in [-0.3, -0.25) is 0 Å². The van der Waals surface area contributed by atoms with Crippen LogP contribution in [-0.2, 0) is 4.57 Å². The second-order valence-electron chi connectivity index (χ2n) is 2.05. The van der Waals surface area contributed by atoms with Crippen molar-refractivity contribution in [2.45, 2.75) is 4.90 Å². The van der Waals surface area contributed by atoms with Crippen LogP contribution in [0.4, 0.5) is 0 Å². The Kier molecular flexibility index (Phi) is 3.31. The molecule has 0 saturated heterocycles. The molecule has 0 radical (unpaired) electrons. The minimum Gasteiger partial charge on any atom is -0.312 e. The Hall–Kier alpha value is -0.320. The summed E-state index contributed by atoms with van der Waals surface area (Å²) in [4.78, 5) is 17.7. The maximum Gasteiger partial charge on any atom is 0.410 e. The van der Waals surface area contributed by atoms with Crippen LogP contribution in [0.5, 0.6) is 0 Å². The molecule has 0 aromatic heterocycles. The van der Waals surface area contributed by atoms with Gasteiger partial charge in [-0.15, -0.1) is 0 Å². The van der Waals surface area contributed by atoms with Crippen molar-refractivity contribution in [3.05, 3.63) is 30.3 Å². The molecular formula is C6H8NO3PS. The molecule has 0 aliphatic heterocycles. The highest BCUT2D eigenvalue weighted by Gasteiger charge is 2.11. The Morgan fingerprint density at radius 3 is 2.33 bits per heavy atom. The molecule has 4 nitrogen and oxygen atoms in total. The maximum atomic E-state index is 10.4. The largest absolute Gasteiger partial charge is 0.410 e. The SMILES string of the molecule is O=P(O)(O)NSc1ccccc1. The van der Waals surface area contributed by atoms with Crippen molar-refractivity contribution in [2.24, 2.45) is 0 Å². The van der Waals surface area contributed by atoms with Gasteiger partial charge in [0, 0.05) is 4.90 Å². The van der Waals surface area contributed by atoms with Gasteiger partial charge in [0.25, 0.3) is 0 Å². The highest BCUT2D eigenvalue weighted by Crippen LogP contribution is 2.34. The van der Waals surface area contributed by atoms with Crippen molar-refractivity contribution in [2.75, 3.05) is 0 Å². The maximum absolute atomic E-state index is 10.4. The second-order valence-corrected chi connectivity index (χ2v) is 4.54. The molecule has 0 saturated carbocycles. The van der Waals surface area contributed by atoms with E-state index in [-0.39, 0.29) is 0 Å². The van der Waals surface area contributed by atoms with E-state index in [2.05, 4.69) is 0 Å². The van der Waals surface area contributed by atoms with Gasteiger partial charge in [0.05, 0.1) is 0 Å². The van der Waals surface area contributed by atoms with E-state index >= 15 is 0 Å². The summed E-state index contributed by atoms with van der Waals surface area (Å²) in [7, 11) is -4.12. The summed E-state index contributed by atoms with van der Waals surface area (Å²) in [5, 5.41) is 0. The van der Waals surface area contributed by atoms with E-state index < -0.39 is 7.75 Å². The molecule has 0 heterocycles. The van der Waals surface area contributed by atoms with Crippen molar-refractivity contribution < 1.29 is 14.4 Å². The second kappa shape index (κ2) is 4.07. The highest BCUT2D eigenvalue weighted by molar-refractivity contribution is 8.01.